The third-order valence-electron chi connectivity index (χ3n) is 2.56. The molecule has 0 atom stereocenters. The molecule has 0 radical (unpaired) electrons. The molecule has 18 heavy (non-hydrogen) atoms. The van der Waals surface area contributed by atoms with Gasteiger partial charge in [0.2, 0.25) is 0 Å². The lowest BCUT2D eigenvalue weighted by Crippen LogP contribution is -2.12. The normalized spacial score (nSPS) is 12.4. The van der Waals surface area contributed by atoms with E-state index >= 15 is 0 Å². The van der Waals surface area contributed by atoms with Gasteiger partial charge in [0.1, 0.15) is 5.84 Å². The second-order valence-electron chi connectivity index (χ2n) is 3.85. The first-order chi connectivity index (χ1) is 8.13. The number of hydrogen-bond donors (Lipinski definition) is 2. The molecular weight excluding hydrogens is 365 g/mol. The minimum Gasteiger partial charge on any atom is -0.383 e. The van der Waals surface area contributed by atoms with Gasteiger partial charge in [0, 0.05) is 16.8 Å². The van der Waals surface area contributed by atoms with Crippen LogP contribution in [0.3, 0.4) is 0 Å². The predicted octanol–water partition coefficient (Wildman–Crippen LogP) is 2.54. The monoisotopic (exact) mass is 375 g/mol. The second-order valence-corrected chi connectivity index (χ2v) is 5.09. The number of fused-ring (bicyclic) bond motifs is 2. The fraction of sp³-hybridized carbons (Fsp3) is 0.0909. The third kappa shape index (κ3) is 2.17. The number of amidine groups is 1. The molecule has 0 spiro atoms. The van der Waals surface area contributed by atoms with Gasteiger partial charge in [0.25, 0.3) is 0 Å². The number of aliphatic imine (C=N–C) groups is 1. The number of nitrogens with zero attached hydrogens (tertiary/aromatic N) is 3. The molecule has 1 aromatic heterocycles. The number of benzene rings is 1. The van der Waals surface area contributed by atoms with Crippen molar-refractivity contribution in [3.63, 3.8) is 0 Å². The number of halogens is 2. The van der Waals surface area contributed by atoms with E-state index in [0.29, 0.717) is 5.84 Å². The highest BCUT2D eigenvalue weighted by Crippen LogP contribution is 2.33. The van der Waals surface area contributed by atoms with Crippen molar-refractivity contribution in [2.45, 2.75) is 0 Å². The number of hydrogen-bond acceptors (Lipinski definition) is 4. The first-order valence-corrected chi connectivity index (χ1v) is 6.16. The van der Waals surface area contributed by atoms with Crippen molar-refractivity contribution in [2.75, 3.05) is 5.32 Å². The fourth-order valence-electron chi connectivity index (χ4n) is 1.79. The van der Waals surface area contributed by atoms with Crippen LogP contribution in [0.15, 0.2) is 29.4 Å². The van der Waals surface area contributed by atoms with Gasteiger partial charge >= 0.3 is 0 Å². The average molecular weight is 376 g/mol. The summed E-state index contributed by atoms with van der Waals surface area (Å²) >= 11 is 2.25. The van der Waals surface area contributed by atoms with E-state index in [2.05, 4.69) is 38.0 Å². The number of nitrogens with one attached hydrogen (secondary N) is 1. The molecule has 0 fully saturated rings. The molecule has 94 valence electrons. The van der Waals surface area contributed by atoms with Crippen LogP contribution in [-0.4, -0.2) is 15.6 Å². The predicted molar refractivity (Wildman–Crippen MR) is 83.3 cm³/mol. The summed E-state index contributed by atoms with van der Waals surface area (Å²) in [6, 6.07) is 5.99. The minimum atomic E-state index is 0. The molecule has 7 heteroatoms. The Hall–Kier alpha value is -1.28. The van der Waals surface area contributed by atoms with Gasteiger partial charge in [-0.3, -0.25) is 4.68 Å². The van der Waals surface area contributed by atoms with E-state index in [1.165, 1.54) is 0 Å². The van der Waals surface area contributed by atoms with Crippen molar-refractivity contribution in [3.05, 3.63) is 33.5 Å². The molecule has 2 aromatic rings. The maximum Gasteiger partial charge on any atom is 0.163 e. The van der Waals surface area contributed by atoms with Gasteiger partial charge < -0.3 is 11.1 Å². The topological polar surface area (TPSA) is 68.2 Å². The van der Waals surface area contributed by atoms with Crippen molar-refractivity contribution < 1.29 is 0 Å². The molecule has 0 unspecified atom stereocenters. The van der Waals surface area contributed by atoms with E-state index in [1.54, 1.807) is 4.68 Å². The van der Waals surface area contributed by atoms with Crippen LogP contribution in [0.5, 0.6) is 0 Å². The number of nitrogens with two attached hydrogens (primary N) is 1. The highest BCUT2D eigenvalue weighted by Gasteiger charge is 2.17. The lowest BCUT2D eigenvalue weighted by Gasteiger charge is -2.05. The quantitative estimate of drug-likeness (QED) is 0.695. The van der Waals surface area contributed by atoms with Crippen LogP contribution >= 0.6 is 35.0 Å². The molecule has 0 bridgehead atoms. The van der Waals surface area contributed by atoms with Crippen LogP contribution in [-0.2, 0) is 7.05 Å². The van der Waals surface area contributed by atoms with Crippen molar-refractivity contribution in [2.24, 2.45) is 17.8 Å². The van der Waals surface area contributed by atoms with E-state index < -0.39 is 0 Å². The largest absolute Gasteiger partial charge is 0.383 e. The Balaban J connectivity index is 0.00000120. The zero-order valence-electron chi connectivity index (χ0n) is 9.51. The Morgan fingerprint density at radius 3 is 2.94 bits per heavy atom. The lowest BCUT2D eigenvalue weighted by atomic mass is 10.3. The Morgan fingerprint density at radius 1 is 1.39 bits per heavy atom. The number of anilines is 2. The summed E-state index contributed by atoms with van der Waals surface area (Å²) in [5.74, 6) is 1.23. The smallest absolute Gasteiger partial charge is 0.163 e. The van der Waals surface area contributed by atoms with Crippen LogP contribution in [0.4, 0.5) is 17.2 Å². The van der Waals surface area contributed by atoms with Gasteiger partial charge in [0.05, 0.1) is 16.9 Å². The van der Waals surface area contributed by atoms with Crippen LogP contribution in [0.2, 0.25) is 0 Å². The highest BCUT2D eigenvalue weighted by atomic mass is 127. The molecule has 2 heterocycles. The molecule has 0 aliphatic carbocycles. The van der Waals surface area contributed by atoms with Gasteiger partial charge in [-0.1, -0.05) is 0 Å². The second kappa shape index (κ2) is 4.77. The molecule has 0 amide bonds. The minimum absolute atomic E-state index is 0. The molecular formula is C11H11ClIN5. The van der Waals surface area contributed by atoms with Crippen molar-refractivity contribution in [1.29, 1.82) is 0 Å². The highest BCUT2D eigenvalue weighted by molar-refractivity contribution is 14.1. The van der Waals surface area contributed by atoms with Crippen molar-refractivity contribution >= 4 is 58.0 Å². The maximum absolute atomic E-state index is 5.98. The zero-order chi connectivity index (χ0) is 12.0. The average Bonchev–Trinajstić information content (AvgIpc) is 2.58. The number of aryl methyl sites for hydroxylation is 1. The Morgan fingerprint density at radius 2 is 2.17 bits per heavy atom. The van der Waals surface area contributed by atoms with Crippen molar-refractivity contribution in [3.8, 4) is 0 Å². The summed E-state index contributed by atoms with van der Waals surface area (Å²) in [7, 11) is 1.86. The fourth-order valence-corrected chi connectivity index (χ4v) is 2.26. The van der Waals surface area contributed by atoms with E-state index in [0.717, 1.165) is 26.3 Å². The standard InChI is InChI=1S/C11H10IN5.ClH/c1-17-5-7-10(13)14-9-4-6(12)2-3-8(9)15-11(7)16-17;/h2-5H,1H3,(H2,13,14)(H,15,16);1H. The Labute approximate surface area is 124 Å². The summed E-state index contributed by atoms with van der Waals surface area (Å²) < 4.78 is 2.84. The Bertz CT molecular complexity index is 634. The first kappa shape index (κ1) is 13.2. The van der Waals surface area contributed by atoms with E-state index in [1.807, 2.05) is 31.4 Å². The Kier molecular flexibility index (Phi) is 3.49. The first-order valence-electron chi connectivity index (χ1n) is 5.08. The van der Waals surface area contributed by atoms with E-state index in [-0.39, 0.29) is 12.4 Å². The van der Waals surface area contributed by atoms with Gasteiger partial charge in [-0.15, -0.1) is 12.4 Å². The molecule has 1 aromatic carbocycles. The van der Waals surface area contributed by atoms with Crippen molar-refractivity contribution in [1.82, 2.24) is 9.78 Å². The molecule has 1 aliphatic heterocycles. The van der Waals surface area contributed by atoms with Gasteiger partial charge in [0.15, 0.2) is 5.82 Å². The maximum atomic E-state index is 5.98. The van der Waals surface area contributed by atoms with Gasteiger partial charge in [-0.25, -0.2) is 4.99 Å². The summed E-state index contributed by atoms with van der Waals surface area (Å²) in [5.41, 5.74) is 8.58. The van der Waals surface area contributed by atoms with E-state index in [4.69, 9.17) is 5.73 Å². The number of rotatable bonds is 0. The van der Waals surface area contributed by atoms with Crippen LogP contribution in [0.1, 0.15) is 5.56 Å². The zero-order valence-corrected chi connectivity index (χ0v) is 12.5. The molecule has 1 aliphatic rings. The van der Waals surface area contributed by atoms with Crippen LogP contribution in [0.25, 0.3) is 0 Å². The summed E-state index contributed by atoms with van der Waals surface area (Å²) in [5, 5.41) is 7.58. The molecule has 5 nitrogen and oxygen atoms in total. The third-order valence-corrected chi connectivity index (χ3v) is 3.23. The van der Waals surface area contributed by atoms with Gasteiger partial charge in [-0.05, 0) is 40.8 Å². The number of aromatic nitrogens is 2. The molecule has 0 saturated carbocycles. The summed E-state index contributed by atoms with van der Waals surface area (Å²) in [6.07, 6.45) is 1.86. The lowest BCUT2D eigenvalue weighted by molar-refractivity contribution is 0.771. The molecule has 3 N–H and O–H groups in total. The van der Waals surface area contributed by atoms with Crippen LogP contribution in [0, 0.1) is 3.57 Å². The summed E-state index contributed by atoms with van der Waals surface area (Å²) in [6.45, 7) is 0. The summed E-state index contributed by atoms with van der Waals surface area (Å²) in [4.78, 5) is 4.43. The molecule has 0 saturated heterocycles. The van der Waals surface area contributed by atoms with Crippen LogP contribution < -0.4 is 11.1 Å². The molecule has 3 rings (SSSR count). The van der Waals surface area contributed by atoms with Gasteiger partial charge in [-0.2, -0.15) is 5.10 Å². The SMILES string of the molecule is Cl.Cn1cc2c(n1)Nc1ccc(I)cc1N=C2N. The van der Waals surface area contributed by atoms with E-state index in [9.17, 15) is 0 Å².